The summed E-state index contributed by atoms with van der Waals surface area (Å²) < 4.78 is 53.1. The van der Waals surface area contributed by atoms with E-state index in [9.17, 15) is 17.6 Å². The summed E-state index contributed by atoms with van der Waals surface area (Å²) in [6.45, 7) is 2.09. The Labute approximate surface area is 159 Å². The number of hydrogen-bond donors (Lipinski definition) is 2. The highest BCUT2D eigenvalue weighted by Gasteiger charge is 2.33. The van der Waals surface area contributed by atoms with Gasteiger partial charge in [0, 0.05) is 18.3 Å². The number of para-hydroxylation sites is 1. The lowest BCUT2D eigenvalue weighted by atomic mass is 10.1. The zero-order valence-electron chi connectivity index (χ0n) is 15.0. The zero-order chi connectivity index (χ0) is 20.1. The fourth-order valence-corrected chi connectivity index (χ4v) is 2.70. The van der Waals surface area contributed by atoms with Crippen LogP contribution in [-0.4, -0.2) is 16.5 Å². The van der Waals surface area contributed by atoms with Crippen LogP contribution < -0.4 is 10.6 Å². The van der Waals surface area contributed by atoms with E-state index in [-0.39, 0.29) is 23.3 Å². The Hall–Kier alpha value is -3.16. The second-order valence-corrected chi connectivity index (χ2v) is 6.15. The van der Waals surface area contributed by atoms with Gasteiger partial charge in [-0.15, -0.1) is 0 Å². The number of aryl methyl sites for hydroxylation is 1. The molecule has 4 nitrogen and oxygen atoms in total. The van der Waals surface area contributed by atoms with Crippen molar-refractivity contribution in [1.29, 1.82) is 0 Å². The van der Waals surface area contributed by atoms with Crippen LogP contribution in [0.1, 0.15) is 16.8 Å². The molecule has 2 aromatic carbocycles. The SMILES string of the molecule is Cc1cc(Nc2ccccc2C(F)(F)F)nc(NCCc2ccccc2F)n1. The molecule has 2 N–H and O–H groups in total. The van der Waals surface area contributed by atoms with Gasteiger partial charge in [0.05, 0.1) is 11.3 Å². The summed E-state index contributed by atoms with van der Waals surface area (Å²) in [5, 5.41) is 5.69. The Morgan fingerprint density at radius 3 is 2.43 bits per heavy atom. The molecule has 0 saturated carbocycles. The van der Waals surface area contributed by atoms with E-state index in [1.165, 1.54) is 24.3 Å². The third-order valence-corrected chi connectivity index (χ3v) is 3.98. The van der Waals surface area contributed by atoms with Crippen molar-refractivity contribution in [1.82, 2.24) is 9.97 Å². The number of nitrogens with one attached hydrogen (secondary N) is 2. The summed E-state index contributed by atoms with van der Waals surface area (Å²) in [5.41, 5.74) is 0.265. The fraction of sp³-hybridized carbons (Fsp3) is 0.200. The first-order valence-electron chi connectivity index (χ1n) is 8.59. The van der Waals surface area contributed by atoms with Gasteiger partial charge in [-0.25, -0.2) is 9.37 Å². The zero-order valence-corrected chi connectivity index (χ0v) is 15.0. The highest BCUT2D eigenvalue weighted by atomic mass is 19.4. The monoisotopic (exact) mass is 390 g/mol. The van der Waals surface area contributed by atoms with Crippen LogP contribution in [0.4, 0.5) is 35.0 Å². The predicted octanol–water partition coefficient (Wildman–Crippen LogP) is 5.34. The lowest BCUT2D eigenvalue weighted by Gasteiger charge is -2.15. The molecule has 0 saturated heterocycles. The van der Waals surface area contributed by atoms with Crippen molar-refractivity contribution in [2.45, 2.75) is 19.5 Å². The van der Waals surface area contributed by atoms with Crippen molar-refractivity contribution in [3.8, 4) is 0 Å². The highest BCUT2D eigenvalue weighted by Crippen LogP contribution is 2.35. The van der Waals surface area contributed by atoms with Gasteiger partial charge in [0.15, 0.2) is 0 Å². The third kappa shape index (κ3) is 4.97. The van der Waals surface area contributed by atoms with Crippen molar-refractivity contribution in [2.75, 3.05) is 17.2 Å². The van der Waals surface area contributed by atoms with Gasteiger partial charge in [-0.1, -0.05) is 30.3 Å². The Bertz CT molecular complexity index is 957. The van der Waals surface area contributed by atoms with E-state index in [2.05, 4.69) is 20.6 Å². The van der Waals surface area contributed by atoms with Gasteiger partial charge in [-0.3, -0.25) is 0 Å². The van der Waals surface area contributed by atoms with Crippen molar-refractivity contribution in [3.63, 3.8) is 0 Å². The Morgan fingerprint density at radius 1 is 0.964 bits per heavy atom. The number of aromatic nitrogens is 2. The van der Waals surface area contributed by atoms with E-state index < -0.39 is 11.7 Å². The van der Waals surface area contributed by atoms with Crippen LogP contribution in [-0.2, 0) is 12.6 Å². The molecule has 0 atom stereocenters. The summed E-state index contributed by atoms with van der Waals surface area (Å²) in [4.78, 5) is 8.43. The normalized spacial score (nSPS) is 11.3. The molecule has 0 aliphatic heterocycles. The number of benzene rings is 2. The number of halogens is 4. The van der Waals surface area contributed by atoms with Crippen LogP contribution >= 0.6 is 0 Å². The maximum Gasteiger partial charge on any atom is 0.418 e. The second kappa shape index (κ2) is 8.24. The van der Waals surface area contributed by atoms with E-state index in [1.54, 1.807) is 31.2 Å². The van der Waals surface area contributed by atoms with Crippen molar-refractivity contribution in [3.05, 3.63) is 77.2 Å². The first kappa shape index (κ1) is 19.6. The predicted molar refractivity (Wildman–Crippen MR) is 100 cm³/mol. The summed E-state index contributed by atoms with van der Waals surface area (Å²) in [7, 11) is 0. The minimum absolute atomic E-state index is 0.0922. The molecule has 0 spiro atoms. The van der Waals surface area contributed by atoms with Crippen molar-refractivity contribution in [2.24, 2.45) is 0 Å². The summed E-state index contributed by atoms with van der Waals surface area (Å²) in [5.74, 6) is 0.196. The van der Waals surface area contributed by atoms with Gasteiger partial charge in [0.25, 0.3) is 0 Å². The Kier molecular flexibility index (Phi) is 5.77. The van der Waals surface area contributed by atoms with Gasteiger partial charge in [0.2, 0.25) is 5.95 Å². The number of hydrogen-bond acceptors (Lipinski definition) is 4. The molecule has 3 rings (SSSR count). The smallest absolute Gasteiger partial charge is 0.354 e. The van der Waals surface area contributed by atoms with E-state index in [4.69, 9.17) is 0 Å². The Morgan fingerprint density at radius 2 is 1.68 bits per heavy atom. The van der Waals surface area contributed by atoms with Crippen LogP contribution in [0.5, 0.6) is 0 Å². The number of nitrogens with zero attached hydrogens (tertiary/aromatic N) is 2. The first-order chi connectivity index (χ1) is 13.3. The van der Waals surface area contributed by atoms with Crippen LogP contribution in [0.25, 0.3) is 0 Å². The maximum atomic E-state index is 13.7. The minimum Gasteiger partial charge on any atom is -0.354 e. The van der Waals surface area contributed by atoms with Crippen LogP contribution in [0, 0.1) is 12.7 Å². The van der Waals surface area contributed by atoms with Gasteiger partial charge < -0.3 is 10.6 Å². The molecule has 146 valence electrons. The molecule has 28 heavy (non-hydrogen) atoms. The van der Waals surface area contributed by atoms with E-state index >= 15 is 0 Å². The average Bonchev–Trinajstić information content (AvgIpc) is 2.62. The number of rotatable bonds is 6. The summed E-state index contributed by atoms with van der Waals surface area (Å²) in [6, 6.07) is 13.2. The molecule has 0 radical (unpaired) electrons. The molecule has 1 heterocycles. The molecule has 0 aliphatic rings. The average molecular weight is 390 g/mol. The minimum atomic E-state index is -4.48. The molecule has 0 bridgehead atoms. The van der Waals surface area contributed by atoms with Gasteiger partial charge in [-0.2, -0.15) is 18.2 Å². The van der Waals surface area contributed by atoms with Gasteiger partial charge in [0.1, 0.15) is 11.6 Å². The van der Waals surface area contributed by atoms with Crippen molar-refractivity contribution >= 4 is 17.5 Å². The van der Waals surface area contributed by atoms with Crippen LogP contribution in [0.2, 0.25) is 0 Å². The molecular weight excluding hydrogens is 372 g/mol. The molecule has 0 amide bonds. The summed E-state index contributed by atoms with van der Waals surface area (Å²) in [6.07, 6.45) is -4.06. The standard InChI is InChI=1S/C20H18F4N4/c1-13-12-18(27-17-9-5-3-7-15(17)20(22,23)24)28-19(26-13)25-11-10-14-6-2-4-8-16(14)21/h2-9,12H,10-11H2,1H3,(H2,25,26,27,28). The lowest BCUT2D eigenvalue weighted by molar-refractivity contribution is -0.136. The third-order valence-electron chi connectivity index (χ3n) is 3.98. The van der Waals surface area contributed by atoms with Gasteiger partial charge in [-0.05, 0) is 37.1 Å². The molecular formula is C20H18F4N4. The molecule has 0 fully saturated rings. The second-order valence-electron chi connectivity index (χ2n) is 6.15. The van der Waals surface area contributed by atoms with E-state index in [1.807, 2.05) is 0 Å². The number of alkyl halides is 3. The van der Waals surface area contributed by atoms with E-state index in [0.717, 1.165) is 6.07 Å². The molecule has 8 heteroatoms. The number of anilines is 3. The van der Waals surface area contributed by atoms with Crippen molar-refractivity contribution < 1.29 is 17.6 Å². The quantitative estimate of drug-likeness (QED) is 0.558. The maximum absolute atomic E-state index is 13.7. The molecule has 3 aromatic rings. The molecule has 0 aliphatic carbocycles. The highest BCUT2D eigenvalue weighted by molar-refractivity contribution is 5.62. The molecule has 1 aromatic heterocycles. The molecule has 0 unspecified atom stereocenters. The van der Waals surface area contributed by atoms with Gasteiger partial charge >= 0.3 is 6.18 Å². The fourth-order valence-electron chi connectivity index (χ4n) is 2.70. The van der Waals surface area contributed by atoms with Crippen LogP contribution in [0.3, 0.4) is 0 Å². The summed E-state index contributed by atoms with van der Waals surface area (Å²) >= 11 is 0. The topological polar surface area (TPSA) is 49.8 Å². The lowest BCUT2D eigenvalue weighted by Crippen LogP contribution is -2.12. The first-order valence-corrected chi connectivity index (χ1v) is 8.59. The Balaban J connectivity index is 1.73. The largest absolute Gasteiger partial charge is 0.418 e. The van der Waals surface area contributed by atoms with E-state index in [0.29, 0.717) is 24.2 Å². The van der Waals surface area contributed by atoms with Crippen LogP contribution in [0.15, 0.2) is 54.6 Å².